The summed E-state index contributed by atoms with van der Waals surface area (Å²) in [4.78, 5) is 86.5. The van der Waals surface area contributed by atoms with Crippen molar-refractivity contribution in [3.63, 3.8) is 0 Å². The van der Waals surface area contributed by atoms with Crippen LogP contribution in [-0.2, 0) is 73.0 Å². The molecule has 0 radical (unpaired) electrons. The maximum absolute atomic E-state index is 14.0. The molecule has 3 aliphatic rings. The van der Waals surface area contributed by atoms with Crippen molar-refractivity contribution in [2.75, 3.05) is 36.3 Å². The van der Waals surface area contributed by atoms with E-state index in [9.17, 15) is 68.2 Å². The molecule has 38 nitrogen and oxygen atoms in total. The highest BCUT2D eigenvalue weighted by Crippen LogP contribution is 2.72. The van der Waals surface area contributed by atoms with Gasteiger partial charge in [-0.2, -0.15) is 28.1 Å². The highest BCUT2D eigenvalue weighted by atomic mass is 32.7. The summed E-state index contributed by atoms with van der Waals surface area (Å²) in [5, 5.41) is 57.0. The minimum Gasteiger partial charge on any atom is -0.490 e. The van der Waals surface area contributed by atoms with Crippen LogP contribution in [0.15, 0.2) is 60.4 Å². The number of hydrogen-bond acceptors (Lipinski definition) is 30. The smallest absolute Gasteiger partial charge is 0.488 e. The topological polar surface area (TPSA) is 539 Å². The van der Waals surface area contributed by atoms with Gasteiger partial charge in [-0.3, -0.25) is 32.5 Å². The average Bonchev–Trinajstić information content (AvgIpc) is 3.81. The number of benzene rings is 1. The third-order valence-corrected chi connectivity index (χ3v) is 20.1. The predicted octanol–water partition coefficient (Wildman–Crippen LogP) is -1.59. The minimum atomic E-state index is -6.13. The fraction of sp³-hybridized carbons (Fsp3) is 0.447. The number of nitrogens with zero attached hydrogens (tertiary/aromatic N) is 11. The lowest BCUT2D eigenvalue weighted by Crippen LogP contribution is -2.37. The van der Waals surface area contributed by atoms with Crippen LogP contribution in [0.25, 0.3) is 33.5 Å². The lowest BCUT2D eigenvalue weighted by Gasteiger charge is -2.27. The molecule has 0 amide bonds. The third-order valence-electron chi connectivity index (χ3n) is 12.5. The zero-order valence-corrected chi connectivity index (χ0v) is 45.7. The maximum atomic E-state index is 14.0. The number of nitrogens with two attached hydrogens (primary N) is 2. The standard InChI is InChI=1S/C38H47N15O23P4S/c1-50-14-53(30-20(50)32(59)49-38(40)47-30)34-22(55)21(54)16(70-34)9-69-77(60,61)75-79(64,65)76-80(66,67)81-10-17-25(26(68-2)35(71-17)51-12-44-18-27(42-11-43-28(18)51)41-8-15-6-4-3-5-7-15)73-78(62,63)74-36-24(57)23(56)33(72-36)52-13-45-19-29(52)46-37(39)48-31(19)58/h3-7,11-14,16-17,21-26,33-36,54-57H,8-10H2,1-2H3,(H10-,39,40,41,42,43,46,47,48,49,58,59,60,61,62,63,64,65,66,67)/p+1/t16-,17-,21?,22?,23?,24-,25+,26?,33-,34-,35-,36-/m1/s1. The van der Waals surface area contributed by atoms with Gasteiger partial charge in [0.1, 0.15) is 49.1 Å². The van der Waals surface area contributed by atoms with E-state index in [4.69, 9.17) is 44.0 Å². The Morgan fingerprint density at radius 2 is 1.43 bits per heavy atom. The predicted molar refractivity (Wildman–Crippen MR) is 269 cm³/mol. The maximum Gasteiger partial charge on any atom is 0.488 e. The van der Waals surface area contributed by atoms with Crippen LogP contribution in [0.4, 0.5) is 17.7 Å². The Labute approximate surface area is 455 Å². The van der Waals surface area contributed by atoms with E-state index in [1.54, 1.807) is 0 Å². The second-order valence-corrected chi connectivity index (χ2v) is 26.3. The number of phosphoric ester groups is 2. The number of aliphatic hydroxyl groups excluding tert-OH is 4. The Hall–Kier alpha value is -5.54. The molecule has 3 fully saturated rings. The highest BCUT2D eigenvalue weighted by Gasteiger charge is 2.55. The number of hydrogen-bond donors (Lipinski definition) is 13. The van der Waals surface area contributed by atoms with E-state index in [1.807, 2.05) is 30.3 Å². The van der Waals surface area contributed by atoms with Crippen LogP contribution >= 0.6 is 41.6 Å². The Bertz CT molecular complexity index is 3750. The number of aromatic hydroxyl groups is 1. The Morgan fingerprint density at radius 3 is 2.16 bits per heavy atom. The molecule has 1 aromatic carbocycles. The second kappa shape index (κ2) is 22.6. The number of imidazole rings is 3. The van der Waals surface area contributed by atoms with E-state index in [1.165, 1.54) is 35.2 Å². The van der Waals surface area contributed by atoms with Crippen molar-refractivity contribution >= 4 is 92.9 Å². The van der Waals surface area contributed by atoms with Gasteiger partial charge in [0.05, 0.1) is 32.4 Å². The Balaban J connectivity index is 0.841. The summed E-state index contributed by atoms with van der Waals surface area (Å²) >= 11 is -0.179. The van der Waals surface area contributed by atoms with Crippen LogP contribution in [0.1, 0.15) is 24.2 Å². The van der Waals surface area contributed by atoms with Gasteiger partial charge >= 0.3 is 30.3 Å². The molecule has 15 N–H and O–H groups in total. The van der Waals surface area contributed by atoms with Crippen LogP contribution in [0.3, 0.4) is 0 Å². The zero-order chi connectivity index (χ0) is 58.1. The summed E-state index contributed by atoms with van der Waals surface area (Å²) in [6.07, 6.45) is -16.5. The first kappa shape index (κ1) is 58.6. The molecule has 0 saturated carbocycles. The summed E-state index contributed by atoms with van der Waals surface area (Å²) in [7, 11) is -15.0. The van der Waals surface area contributed by atoms with Crippen LogP contribution in [-0.4, -0.2) is 173 Å². The average molecular weight is 1240 g/mol. The molecular formula is C38H48N15O23P4S+. The molecule has 7 aromatic rings. The van der Waals surface area contributed by atoms with Crippen molar-refractivity contribution in [3.8, 4) is 5.88 Å². The molecule has 81 heavy (non-hydrogen) atoms. The lowest BCUT2D eigenvalue weighted by atomic mass is 10.1. The van der Waals surface area contributed by atoms with Gasteiger partial charge in [-0.15, -0.1) is 0 Å². The summed E-state index contributed by atoms with van der Waals surface area (Å²) in [6.45, 7) is -6.42. The number of phosphoric acid groups is 3. The fourth-order valence-corrected chi connectivity index (χ4v) is 16.0. The number of anilines is 3. The summed E-state index contributed by atoms with van der Waals surface area (Å²) in [5.41, 5.74) is 11.3. The first-order chi connectivity index (χ1) is 38.2. The van der Waals surface area contributed by atoms with E-state index in [0.717, 1.165) is 28.1 Å². The van der Waals surface area contributed by atoms with Gasteiger partial charge < -0.3 is 80.8 Å². The van der Waals surface area contributed by atoms with E-state index >= 15 is 0 Å². The first-order valence-electron chi connectivity index (χ1n) is 23.2. The van der Waals surface area contributed by atoms with Gasteiger partial charge in [-0.25, -0.2) is 42.8 Å². The zero-order valence-electron chi connectivity index (χ0n) is 41.3. The number of rotatable bonds is 21. The van der Waals surface area contributed by atoms with Gasteiger partial charge in [0.2, 0.25) is 24.5 Å². The number of nitrogens with one attached hydrogen (secondary N) is 2. The Kier molecular flexibility index (Phi) is 16.3. The molecule has 9 heterocycles. The molecule has 438 valence electrons. The molecule has 6 aromatic heterocycles. The van der Waals surface area contributed by atoms with Crippen molar-refractivity contribution in [1.82, 2.24) is 53.6 Å². The minimum absolute atomic E-state index is 0.0379. The molecule has 3 aliphatic heterocycles. The molecule has 0 aliphatic carbocycles. The van der Waals surface area contributed by atoms with Crippen LogP contribution in [0.5, 0.6) is 5.88 Å². The molecular weight excluding hydrogens is 1190 g/mol. The second-order valence-electron chi connectivity index (χ2n) is 17.9. The number of fused-ring (bicyclic) bond motifs is 3. The Morgan fingerprint density at radius 1 is 0.753 bits per heavy atom. The number of nitrogen functional groups attached to an aromatic ring is 2. The lowest BCUT2D eigenvalue weighted by molar-refractivity contribution is -0.646. The molecule has 3 saturated heterocycles. The highest BCUT2D eigenvalue weighted by molar-refractivity contribution is 8.55. The fourth-order valence-electron chi connectivity index (χ4n) is 8.96. The number of aromatic amines is 1. The molecule has 43 heteroatoms. The van der Waals surface area contributed by atoms with E-state index < -0.39 is 128 Å². The first-order valence-corrected chi connectivity index (χ1v) is 30.9. The van der Waals surface area contributed by atoms with Gasteiger partial charge in [-0.05, 0) is 16.9 Å². The van der Waals surface area contributed by atoms with Crippen molar-refractivity contribution < 1.29 is 109 Å². The van der Waals surface area contributed by atoms with Crippen molar-refractivity contribution in [3.05, 3.63) is 71.6 Å². The van der Waals surface area contributed by atoms with Crippen LogP contribution in [0.2, 0.25) is 0 Å². The number of aryl methyl sites for hydroxylation is 1. The molecule has 16 atom stereocenters. The molecule has 10 rings (SSSR count). The number of methoxy groups -OCH3 is 1. The molecule has 0 spiro atoms. The largest absolute Gasteiger partial charge is 0.490 e. The van der Waals surface area contributed by atoms with E-state index in [2.05, 4.69) is 53.8 Å². The van der Waals surface area contributed by atoms with Crippen molar-refractivity contribution in [2.24, 2.45) is 7.05 Å². The SMILES string of the molecule is COC1[C@@H](OP(=O)(O)O[C@H]2O[C@@H](n3cnc4c(=O)[nH]c(N)nc43)C(O)[C@H]2O)[C@@H](CSP(=O)(O)OP(=O)(O)OP(=O)(O)OC[C@H]2O[C@@H](n3c[n+](C)c4c(O)nc(N)nc43)C(O)C2O)O[C@H]1n1cnc2c(NCc3ccccc3)ncnc21. The normalized spacial score (nSPS) is 29.0. The van der Waals surface area contributed by atoms with Crippen molar-refractivity contribution in [1.29, 1.82) is 0 Å². The van der Waals surface area contributed by atoms with Crippen LogP contribution < -0.4 is 26.9 Å². The third kappa shape index (κ3) is 12.1. The molecule has 8 unspecified atom stereocenters. The van der Waals surface area contributed by atoms with Crippen LogP contribution in [0, 0.1) is 0 Å². The van der Waals surface area contributed by atoms with Gasteiger partial charge in [-0.1, -0.05) is 30.3 Å². The number of aromatic nitrogens is 12. The quantitative estimate of drug-likeness (QED) is 0.0285. The molecule has 0 bridgehead atoms. The summed E-state index contributed by atoms with van der Waals surface area (Å²) in [5.74, 6) is -1.87. The number of aliphatic hydroxyl groups is 4. The van der Waals surface area contributed by atoms with Crippen molar-refractivity contribution in [2.45, 2.75) is 80.4 Å². The summed E-state index contributed by atoms with van der Waals surface area (Å²) in [6, 6.07) is 9.23. The monoisotopic (exact) mass is 1240 g/mol. The summed E-state index contributed by atoms with van der Waals surface area (Å²) < 4.78 is 106. The number of H-pyrrole nitrogens is 1. The van der Waals surface area contributed by atoms with Gasteiger partial charge in [0.15, 0.2) is 46.9 Å². The van der Waals surface area contributed by atoms with E-state index in [0.29, 0.717) is 6.54 Å². The number of ether oxygens (including phenoxy) is 4. The van der Waals surface area contributed by atoms with E-state index in [-0.39, 0.29) is 62.6 Å². The van der Waals surface area contributed by atoms with Gasteiger partial charge in [0.25, 0.3) is 22.6 Å². The van der Waals surface area contributed by atoms with Gasteiger partial charge in [0, 0.05) is 19.4 Å².